The molecule has 0 saturated carbocycles. The summed E-state index contributed by atoms with van der Waals surface area (Å²) >= 11 is 0. The van der Waals surface area contributed by atoms with Crippen LogP contribution in [0.1, 0.15) is 16.1 Å². The van der Waals surface area contributed by atoms with Gasteiger partial charge in [0.25, 0.3) is 0 Å². The monoisotopic (exact) mass is 203 g/mol. The first-order valence-electron chi connectivity index (χ1n) is 4.42. The summed E-state index contributed by atoms with van der Waals surface area (Å²) < 4.78 is 0. The number of carboxylic acids is 1. The van der Waals surface area contributed by atoms with Crippen LogP contribution in [0.3, 0.4) is 0 Å². The van der Waals surface area contributed by atoms with Gasteiger partial charge in [0, 0.05) is 5.39 Å². The Hall–Kier alpha value is -2.10. The molecule has 0 bridgehead atoms. The Labute approximate surface area is 85.8 Å². The maximum atomic E-state index is 10.8. The number of pyridine rings is 1. The number of aryl methyl sites for hydroxylation is 1. The molecule has 0 amide bonds. The molecule has 0 radical (unpaired) electrons. The van der Waals surface area contributed by atoms with Crippen LogP contribution in [-0.2, 0) is 0 Å². The lowest BCUT2D eigenvalue weighted by Gasteiger charge is -2.04. The molecule has 4 heteroatoms. The summed E-state index contributed by atoms with van der Waals surface area (Å²) in [5.41, 5.74) is 1.06. The van der Waals surface area contributed by atoms with Gasteiger partial charge in [-0.15, -0.1) is 0 Å². The van der Waals surface area contributed by atoms with E-state index in [4.69, 9.17) is 5.11 Å². The number of aromatic nitrogens is 1. The second-order valence-corrected chi connectivity index (χ2v) is 3.30. The fourth-order valence-corrected chi connectivity index (χ4v) is 1.51. The lowest BCUT2D eigenvalue weighted by Crippen LogP contribution is -2.01. The maximum Gasteiger partial charge on any atom is 0.354 e. The first kappa shape index (κ1) is 9.45. The molecule has 15 heavy (non-hydrogen) atoms. The van der Waals surface area contributed by atoms with Crippen LogP contribution in [0.5, 0.6) is 5.75 Å². The van der Waals surface area contributed by atoms with Gasteiger partial charge in [-0.1, -0.05) is 12.1 Å². The Morgan fingerprint density at radius 2 is 2.13 bits per heavy atom. The van der Waals surface area contributed by atoms with Gasteiger partial charge in [-0.05, 0) is 24.6 Å². The summed E-state index contributed by atoms with van der Waals surface area (Å²) in [5.74, 6) is -1.10. The van der Waals surface area contributed by atoms with Crippen molar-refractivity contribution in [3.8, 4) is 5.75 Å². The predicted octanol–water partition coefficient (Wildman–Crippen LogP) is 1.95. The van der Waals surface area contributed by atoms with E-state index in [1.807, 2.05) is 0 Å². The van der Waals surface area contributed by atoms with Crippen LogP contribution in [0.2, 0.25) is 0 Å². The van der Waals surface area contributed by atoms with E-state index in [-0.39, 0.29) is 11.4 Å². The normalized spacial score (nSPS) is 10.5. The van der Waals surface area contributed by atoms with E-state index in [1.54, 1.807) is 19.1 Å². The van der Waals surface area contributed by atoms with Crippen LogP contribution >= 0.6 is 0 Å². The highest BCUT2D eigenvalue weighted by Crippen LogP contribution is 2.25. The zero-order valence-electron chi connectivity index (χ0n) is 8.06. The van der Waals surface area contributed by atoms with Crippen LogP contribution in [-0.4, -0.2) is 21.2 Å². The first-order valence-corrected chi connectivity index (χ1v) is 4.42. The van der Waals surface area contributed by atoms with Gasteiger partial charge < -0.3 is 10.2 Å². The number of fused-ring (bicyclic) bond motifs is 1. The van der Waals surface area contributed by atoms with E-state index in [1.165, 1.54) is 12.1 Å². The molecule has 76 valence electrons. The Morgan fingerprint density at radius 1 is 1.40 bits per heavy atom. The van der Waals surface area contributed by atoms with Crippen molar-refractivity contribution in [3.05, 3.63) is 35.5 Å². The number of aromatic hydroxyl groups is 1. The van der Waals surface area contributed by atoms with Crippen molar-refractivity contribution >= 4 is 16.9 Å². The highest BCUT2D eigenvalue weighted by molar-refractivity contribution is 5.93. The minimum atomic E-state index is -1.09. The molecule has 2 rings (SSSR count). The van der Waals surface area contributed by atoms with Gasteiger partial charge in [0.05, 0.1) is 0 Å². The molecule has 0 spiro atoms. The molecule has 0 aliphatic heterocycles. The SMILES string of the molecule is Cc1cc(C(=O)O)nc2c(O)cccc12. The van der Waals surface area contributed by atoms with E-state index in [2.05, 4.69) is 4.98 Å². The second kappa shape index (κ2) is 3.24. The van der Waals surface area contributed by atoms with Crippen LogP contribution in [0.4, 0.5) is 0 Å². The maximum absolute atomic E-state index is 10.8. The summed E-state index contributed by atoms with van der Waals surface area (Å²) in [4.78, 5) is 14.6. The summed E-state index contributed by atoms with van der Waals surface area (Å²) in [5, 5.41) is 19.1. The number of carboxylic acid groups (broad SMARTS) is 1. The van der Waals surface area contributed by atoms with Crippen molar-refractivity contribution in [2.24, 2.45) is 0 Å². The first-order chi connectivity index (χ1) is 7.09. The van der Waals surface area contributed by atoms with Crippen LogP contribution in [0.25, 0.3) is 10.9 Å². The summed E-state index contributed by atoms with van der Waals surface area (Å²) in [6, 6.07) is 6.47. The molecule has 1 heterocycles. The molecule has 0 saturated heterocycles. The standard InChI is InChI=1S/C11H9NO3/c1-6-5-8(11(14)15)12-10-7(6)3-2-4-9(10)13/h2-5,13H,1H3,(H,14,15). The van der Waals surface area contributed by atoms with Crippen molar-refractivity contribution in [2.75, 3.05) is 0 Å². The molecule has 0 aliphatic rings. The Bertz CT molecular complexity index is 549. The number of para-hydroxylation sites is 1. The number of rotatable bonds is 1. The molecule has 1 aromatic heterocycles. The molecule has 4 nitrogen and oxygen atoms in total. The zero-order chi connectivity index (χ0) is 11.0. The van der Waals surface area contributed by atoms with Crippen LogP contribution in [0.15, 0.2) is 24.3 Å². The van der Waals surface area contributed by atoms with Crippen molar-refractivity contribution in [1.82, 2.24) is 4.98 Å². The molecule has 0 unspecified atom stereocenters. The van der Waals surface area contributed by atoms with Gasteiger partial charge in [-0.2, -0.15) is 0 Å². The van der Waals surface area contributed by atoms with Gasteiger partial charge in [-0.25, -0.2) is 9.78 Å². The van der Waals surface area contributed by atoms with E-state index >= 15 is 0 Å². The summed E-state index contributed by atoms with van der Waals surface area (Å²) in [6.07, 6.45) is 0. The Morgan fingerprint density at radius 3 is 2.80 bits per heavy atom. The average molecular weight is 203 g/mol. The van der Waals surface area contributed by atoms with Crippen LogP contribution in [0, 0.1) is 6.92 Å². The zero-order valence-corrected chi connectivity index (χ0v) is 8.06. The molecule has 0 fully saturated rings. The number of aromatic carboxylic acids is 1. The topological polar surface area (TPSA) is 70.4 Å². The smallest absolute Gasteiger partial charge is 0.354 e. The minimum absolute atomic E-state index is 0.00120. The van der Waals surface area contributed by atoms with Crippen molar-refractivity contribution in [3.63, 3.8) is 0 Å². The number of hydrogen-bond donors (Lipinski definition) is 2. The van der Waals surface area contributed by atoms with E-state index in [0.29, 0.717) is 5.52 Å². The summed E-state index contributed by atoms with van der Waals surface area (Å²) in [6.45, 7) is 1.79. The van der Waals surface area contributed by atoms with E-state index in [0.717, 1.165) is 10.9 Å². The second-order valence-electron chi connectivity index (χ2n) is 3.30. The molecule has 2 aromatic rings. The third-order valence-corrected chi connectivity index (χ3v) is 2.24. The molecule has 1 aromatic carbocycles. The summed E-state index contributed by atoms with van der Waals surface area (Å²) in [7, 11) is 0. The van der Waals surface area contributed by atoms with Gasteiger partial charge in [0.1, 0.15) is 17.0 Å². The number of hydrogen-bond acceptors (Lipinski definition) is 3. The fourth-order valence-electron chi connectivity index (χ4n) is 1.51. The largest absolute Gasteiger partial charge is 0.506 e. The third kappa shape index (κ3) is 1.50. The van der Waals surface area contributed by atoms with Gasteiger partial charge in [0.2, 0.25) is 0 Å². The quantitative estimate of drug-likeness (QED) is 0.743. The van der Waals surface area contributed by atoms with E-state index < -0.39 is 5.97 Å². The Kier molecular flexibility index (Phi) is 2.04. The van der Waals surface area contributed by atoms with Crippen molar-refractivity contribution in [1.29, 1.82) is 0 Å². The number of phenols is 1. The van der Waals surface area contributed by atoms with E-state index in [9.17, 15) is 9.90 Å². The van der Waals surface area contributed by atoms with Gasteiger partial charge in [0.15, 0.2) is 0 Å². The average Bonchev–Trinajstić information content (AvgIpc) is 2.19. The highest BCUT2D eigenvalue weighted by Gasteiger charge is 2.10. The number of nitrogens with zero attached hydrogens (tertiary/aromatic N) is 1. The number of carbonyl (C=O) groups is 1. The predicted molar refractivity (Wildman–Crippen MR) is 55.1 cm³/mol. The molecule has 2 N–H and O–H groups in total. The molecular weight excluding hydrogens is 194 g/mol. The number of benzene rings is 1. The molecular formula is C11H9NO3. The fraction of sp³-hybridized carbons (Fsp3) is 0.0909. The van der Waals surface area contributed by atoms with Crippen LogP contribution < -0.4 is 0 Å². The molecule has 0 atom stereocenters. The highest BCUT2D eigenvalue weighted by atomic mass is 16.4. The van der Waals surface area contributed by atoms with Gasteiger partial charge in [-0.3, -0.25) is 0 Å². The number of phenolic OH excluding ortho intramolecular Hbond substituents is 1. The lowest BCUT2D eigenvalue weighted by molar-refractivity contribution is 0.0691. The third-order valence-electron chi connectivity index (χ3n) is 2.24. The molecule has 0 aliphatic carbocycles. The minimum Gasteiger partial charge on any atom is -0.506 e. The van der Waals surface area contributed by atoms with Crippen molar-refractivity contribution < 1.29 is 15.0 Å². The Balaban J connectivity index is 2.85. The van der Waals surface area contributed by atoms with Crippen molar-refractivity contribution in [2.45, 2.75) is 6.92 Å². The lowest BCUT2D eigenvalue weighted by atomic mass is 10.1. The van der Waals surface area contributed by atoms with Gasteiger partial charge >= 0.3 is 5.97 Å².